The second-order valence-corrected chi connectivity index (χ2v) is 6.43. The van der Waals surface area contributed by atoms with Crippen LogP contribution in [-0.4, -0.2) is 6.04 Å². The molecule has 1 aromatic carbocycles. The summed E-state index contributed by atoms with van der Waals surface area (Å²) in [4.78, 5) is 0. The molecule has 3 unspecified atom stereocenters. The molecule has 1 aliphatic carbocycles. The lowest BCUT2D eigenvalue weighted by atomic mass is 9.79. The SMILES string of the molecule is Cc1ccc(NC2CCC(C)C(C)C2)cc1Br. The summed E-state index contributed by atoms with van der Waals surface area (Å²) in [6.07, 6.45) is 3.95. The number of aryl methyl sites for hydroxylation is 1. The maximum Gasteiger partial charge on any atom is 0.0353 e. The molecule has 2 rings (SSSR count). The number of anilines is 1. The van der Waals surface area contributed by atoms with E-state index in [1.54, 1.807) is 0 Å². The van der Waals surface area contributed by atoms with Gasteiger partial charge in [-0.25, -0.2) is 0 Å². The molecular weight excluding hydrogens is 274 g/mol. The second-order valence-electron chi connectivity index (χ2n) is 5.57. The molecule has 2 heteroatoms. The first-order chi connectivity index (χ1) is 8.06. The van der Waals surface area contributed by atoms with E-state index in [9.17, 15) is 0 Å². The first kappa shape index (κ1) is 12.9. The van der Waals surface area contributed by atoms with Gasteiger partial charge in [-0.3, -0.25) is 0 Å². The molecule has 94 valence electrons. The van der Waals surface area contributed by atoms with E-state index in [4.69, 9.17) is 0 Å². The molecule has 1 nitrogen and oxygen atoms in total. The van der Waals surface area contributed by atoms with E-state index in [0.717, 1.165) is 11.8 Å². The van der Waals surface area contributed by atoms with Crippen LogP contribution in [0.15, 0.2) is 22.7 Å². The van der Waals surface area contributed by atoms with Crippen molar-refractivity contribution in [3.05, 3.63) is 28.2 Å². The normalized spacial score (nSPS) is 29.1. The molecular formula is C15H22BrN. The van der Waals surface area contributed by atoms with Crippen molar-refractivity contribution in [2.24, 2.45) is 11.8 Å². The third-order valence-electron chi connectivity index (χ3n) is 4.14. The van der Waals surface area contributed by atoms with Crippen molar-refractivity contribution in [1.29, 1.82) is 0 Å². The first-order valence-corrected chi connectivity index (χ1v) is 7.38. The highest BCUT2D eigenvalue weighted by Crippen LogP contribution is 2.31. The zero-order valence-corrected chi connectivity index (χ0v) is 12.5. The van der Waals surface area contributed by atoms with Crippen LogP contribution in [0.3, 0.4) is 0 Å². The molecule has 1 aliphatic rings. The number of benzene rings is 1. The lowest BCUT2D eigenvalue weighted by molar-refractivity contribution is 0.261. The number of halogens is 1. The average molecular weight is 296 g/mol. The Morgan fingerprint density at radius 3 is 2.59 bits per heavy atom. The highest BCUT2D eigenvalue weighted by Gasteiger charge is 2.24. The van der Waals surface area contributed by atoms with Crippen LogP contribution in [-0.2, 0) is 0 Å². The van der Waals surface area contributed by atoms with Gasteiger partial charge in [0, 0.05) is 16.2 Å². The third kappa shape index (κ3) is 3.25. The van der Waals surface area contributed by atoms with Gasteiger partial charge in [-0.2, -0.15) is 0 Å². The molecule has 0 radical (unpaired) electrons. The van der Waals surface area contributed by atoms with Crippen LogP contribution in [0, 0.1) is 18.8 Å². The molecule has 1 fully saturated rings. The minimum Gasteiger partial charge on any atom is -0.382 e. The van der Waals surface area contributed by atoms with Crippen molar-refractivity contribution in [3.63, 3.8) is 0 Å². The summed E-state index contributed by atoms with van der Waals surface area (Å²) in [5.74, 6) is 1.73. The topological polar surface area (TPSA) is 12.0 Å². The van der Waals surface area contributed by atoms with Crippen molar-refractivity contribution in [1.82, 2.24) is 0 Å². The molecule has 1 aromatic rings. The summed E-state index contributed by atoms with van der Waals surface area (Å²) in [5, 5.41) is 3.67. The largest absolute Gasteiger partial charge is 0.382 e. The van der Waals surface area contributed by atoms with Gasteiger partial charge >= 0.3 is 0 Å². The summed E-state index contributed by atoms with van der Waals surface area (Å²) in [5.41, 5.74) is 2.54. The molecule has 0 bridgehead atoms. The van der Waals surface area contributed by atoms with E-state index in [1.807, 2.05) is 0 Å². The van der Waals surface area contributed by atoms with Crippen LogP contribution in [0.25, 0.3) is 0 Å². The predicted octanol–water partition coefficient (Wildman–Crippen LogP) is 4.99. The third-order valence-corrected chi connectivity index (χ3v) is 5.00. The van der Waals surface area contributed by atoms with Crippen LogP contribution in [0.4, 0.5) is 5.69 Å². The maximum absolute atomic E-state index is 3.67. The molecule has 0 spiro atoms. The lowest BCUT2D eigenvalue weighted by Crippen LogP contribution is -2.30. The van der Waals surface area contributed by atoms with Gasteiger partial charge in [-0.1, -0.05) is 35.8 Å². The van der Waals surface area contributed by atoms with E-state index in [-0.39, 0.29) is 0 Å². The fraction of sp³-hybridized carbons (Fsp3) is 0.600. The minimum atomic E-state index is 0.649. The summed E-state index contributed by atoms with van der Waals surface area (Å²) >= 11 is 3.59. The minimum absolute atomic E-state index is 0.649. The quantitative estimate of drug-likeness (QED) is 0.810. The van der Waals surface area contributed by atoms with Crippen LogP contribution >= 0.6 is 15.9 Å². The molecule has 1 saturated carbocycles. The zero-order chi connectivity index (χ0) is 12.4. The van der Waals surface area contributed by atoms with Gasteiger partial charge in [0.15, 0.2) is 0 Å². The number of rotatable bonds is 2. The summed E-state index contributed by atoms with van der Waals surface area (Å²) < 4.78 is 1.19. The van der Waals surface area contributed by atoms with Gasteiger partial charge in [0.2, 0.25) is 0 Å². The molecule has 17 heavy (non-hydrogen) atoms. The molecule has 0 heterocycles. The zero-order valence-electron chi connectivity index (χ0n) is 11.0. The number of nitrogens with one attached hydrogen (secondary N) is 1. The van der Waals surface area contributed by atoms with Crippen LogP contribution in [0.1, 0.15) is 38.7 Å². The Morgan fingerprint density at radius 2 is 1.94 bits per heavy atom. The van der Waals surface area contributed by atoms with E-state index in [0.29, 0.717) is 6.04 Å². The fourth-order valence-electron chi connectivity index (χ4n) is 2.60. The second kappa shape index (κ2) is 5.43. The highest BCUT2D eigenvalue weighted by molar-refractivity contribution is 9.10. The molecule has 0 aliphatic heterocycles. The van der Waals surface area contributed by atoms with Gasteiger partial charge < -0.3 is 5.32 Å². The van der Waals surface area contributed by atoms with E-state index < -0.39 is 0 Å². The van der Waals surface area contributed by atoms with Crippen LogP contribution in [0.5, 0.6) is 0 Å². The monoisotopic (exact) mass is 295 g/mol. The number of hydrogen-bond donors (Lipinski definition) is 1. The number of hydrogen-bond acceptors (Lipinski definition) is 1. The Bertz CT molecular complexity index is 389. The van der Waals surface area contributed by atoms with Gasteiger partial charge in [0.25, 0.3) is 0 Å². The molecule has 0 saturated heterocycles. The van der Waals surface area contributed by atoms with E-state index in [1.165, 1.54) is 35.0 Å². The first-order valence-electron chi connectivity index (χ1n) is 6.59. The van der Waals surface area contributed by atoms with Crippen molar-refractivity contribution < 1.29 is 0 Å². The Labute approximate surface area is 113 Å². The Balaban J connectivity index is 1.99. The van der Waals surface area contributed by atoms with Gasteiger partial charge in [0.1, 0.15) is 0 Å². The summed E-state index contributed by atoms with van der Waals surface area (Å²) in [7, 11) is 0. The standard InChI is InChI=1S/C15H22BrN/c1-10-4-6-13(8-12(10)3)17-14-7-5-11(2)15(16)9-14/h5,7,9-10,12-13,17H,4,6,8H2,1-3H3. The smallest absolute Gasteiger partial charge is 0.0353 e. The van der Waals surface area contributed by atoms with E-state index in [2.05, 4.69) is 60.2 Å². The molecule has 0 amide bonds. The van der Waals surface area contributed by atoms with Crippen LogP contribution < -0.4 is 5.32 Å². The Kier molecular flexibility index (Phi) is 4.13. The predicted molar refractivity (Wildman–Crippen MR) is 78.5 cm³/mol. The van der Waals surface area contributed by atoms with Gasteiger partial charge in [0.05, 0.1) is 0 Å². The van der Waals surface area contributed by atoms with Crippen molar-refractivity contribution >= 4 is 21.6 Å². The van der Waals surface area contributed by atoms with E-state index >= 15 is 0 Å². The van der Waals surface area contributed by atoms with Crippen LogP contribution in [0.2, 0.25) is 0 Å². The molecule has 1 N–H and O–H groups in total. The maximum atomic E-state index is 3.67. The van der Waals surface area contributed by atoms with Crippen molar-refractivity contribution in [3.8, 4) is 0 Å². The molecule has 3 atom stereocenters. The molecule has 0 aromatic heterocycles. The average Bonchev–Trinajstić information content (AvgIpc) is 2.29. The van der Waals surface area contributed by atoms with Gasteiger partial charge in [-0.15, -0.1) is 0 Å². The summed E-state index contributed by atoms with van der Waals surface area (Å²) in [6.45, 7) is 6.88. The van der Waals surface area contributed by atoms with Crippen molar-refractivity contribution in [2.45, 2.75) is 46.1 Å². The highest BCUT2D eigenvalue weighted by atomic mass is 79.9. The Morgan fingerprint density at radius 1 is 1.18 bits per heavy atom. The van der Waals surface area contributed by atoms with Crippen molar-refractivity contribution in [2.75, 3.05) is 5.32 Å². The Hall–Kier alpha value is -0.500. The summed E-state index contributed by atoms with van der Waals surface area (Å²) in [6, 6.07) is 7.19. The fourth-order valence-corrected chi connectivity index (χ4v) is 2.98. The van der Waals surface area contributed by atoms with Gasteiger partial charge in [-0.05, 0) is 55.7 Å². The lowest BCUT2D eigenvalue weighted by Gasteiger charge is -2.33.